The van der Waals surface area contributed by atoms with Crippen LogP contribution in [0.3, 0.4) is 0 Å². The lowest BCUT2D eigenvalue weighted by molar-refractivity contribution is 0.104. The number of anilines is 2. The molecule has 0 aliphatic heterocycles. The highest BCUT2D eigenvalue weighted by Crippen LogP contribution is 2.26. The predicted molar refractivity (Wildman–Crippen MR) is 103 cm³/mol. The normalized spacial score (nSPS) is 11.5. The second-order valence-corrected chi connectivity index (χ2v) is 6.04. The smallest absolute Gasteiger partial charge is 0.265 e. The first-order valence-corrected chi connectivity index (χ1v) is 8.04. The van der Waals surface area contributed by atoms with Crippen molar-refractivity contribution in [2.75, 3.05) is 11.1 Å². The summed E-state index contributed by atoms with van der Waals surface area (Å²) in [4.78, 5) is 25.2. The van der Waals surface area contributed by atoms with E-state index in [4.69, 9.17) is 5.73 Å². The molecular formula is C20H19N3O3. The molecule has 132 valence electrons. The van der Waals surface area contributed by atoms with Crippen molar-refractivity contribution in [3.05, 3.63) is 76.2 Å². The number of allylic oxidation sites excluding steroid dienone is 2. The Bertz CT molecular complexity index is 1080. The van der Waals surface area contributed by atoms with Crippen LogP contribution in [0.5, 0.6) is 5.75 Å². The Morgan fingerprint density at radius 2 is 1.81 bits per heavy atom. The number of hydrogen-bond acceptors (Lipinski definition) is 5. The van der Waals surface area contributed by atoms with Crippen LogP contribution in [0.4, 0.5) is 11.4 Å². The zero-order valence-corrected chi connectivity index (χ0v) is 14.5. The first-order chi connectivity index (χ1) is 12.4. The fraction of sp³-hybridized carbons (Fsp3) is 0.100. The van der Waals surface area contributed by atoms with Gasteiger partial charge >= 0.3 is 0 Å². The Labute approximate surface area is 150 Å². The highest BCUT2D eigenvalue weighted by atomic mass is 16.3. The number of pyridine rings is 1. The van der Waals surface area contributed by atoms with Gasteiger partial charge in [0.1, 0.15) is 11.3 Å². The first-order valence-electron chi connectivity index (χ1n) is 8.04. The maximum Gasteiger partial charge on any atom is 0.265 e. The van der Waals surface area contributed by atoms with Crippen LogP contribution in [0, 0.1) is 0 Å². The number of hydrogen-bond donors (Lipinski definition) is 3. The van der Waals surface area contributed by atoms with Gasteiger partial charge in [-0.1, -0.05) is 12.1 Å². The molecule has 6 nitrogen and oxygen atoms in total. The molecular weight excluding hydrogens is 330 g/mol. The van der Waals surface area contributed by atoms with Crippen molar-refractivity contribution >= 4 is 28.1 Å². The quantitative estimate of drug-likeness (QED) is 0.382. The van der Waals surface area contributed by atoms with Crippen LogP contribution in [0.2, 0.25) is 0 Å². The summed E-state index contributed by atoms with van der Waals surface area (Å²) in [6.45, 7) is 1.71. The van der Waals surface area contributed by atoms with Crippen LogP contribution in [0.1, 0.15) is 17.3 Å². The number of aromatic hydroxyl groups is 1. The third-order valence-corrected chi connectivity index (χ3v) is 4.12. The average molecular weight is 349 g/mol. The van der Waals surface area contributed by atoms with Crippen LogP contribution < -0.4 is 16.6 Å². The van der Waals surface area contributed by atoms with E-state index in [1.165, 1.54) is 10.6 Å². The fourth-order valence-corrected chi connectivity index (χ4v) is 2.80. The lowest BCUT2D eigenvalue weighted by Crippen LogP contribution is -2.24. The van der Waals surface area contributed by atoms with Gasteiger partial charge in [-0.25, -0.2) is 0 Å². The first kappa shape index (κ1) is 17.3. The van der Waals surface area contributed by atoms with Gasteiger partial charge in [0, 0.05) is 35.6 Å². The number of nitrogens with two attached hydrogens (primary N) is 1. The number of carbonyl (C=O) groups excluding carboxylic acids is 1. The lowest BCUT2D eigenvalue weighted by Gasteiger charge is -2.11. The molecule has 0 bridgehead atoms. The van der Waals surface area contributed by atoms with E-state index in [1.54, 1.807) is 62.5 Å². The molecule has 0 aliphatic rings. The summed E-state index contributed by atoms with van der Waals surface area (Å²) >= 11 is 0. The average Bonchev–Trinajstić information content (AvgIpc) is 2.62. The van der Waals surface area contributed by atoms with E-state index in [2.05, 4.69) is 5.32 Å². The van der Waals surface area contributed by atoms with E-state index in [9.17, 15) is 14.7 Å². The van der Waals surface area contributed by atoms with Gasteiger partial charge in [0.25, 0.3) is 5.56 Å². The van der Waals surface area contributed by atoms with Gasteiger partial charge in [-0.3, -0.25) is 9.59 Å². The number of fused-ring (bicyclic) bond motifs is 1. The number of benzene rings is 2. The van der Waals surface area contributed by atoms with Crippen molar-refractivity contribution < 1.29 is 9.90 Å². The van der Waals surface area contributed by atoms with Crippen LogP contribution in [0.15, 0.2) is 65.1 Å². The summed E-state index contributed by atoms with van der Waals surface area (Å²) in [5.41, 5.74) is 7.36. The molecule has 3 rings (SSSR count). The molecule has 4 N–H and O–H groups in total. The molecule has 0 spiro atoms. The van der Waals surface area contributed by atoms with Crippen LogP contribution in [0.25, 0.3) is 10.9 Å². The molecule has 1 aromatic heterocycles. The molecule has 0 saturated carbocycles. The Kier molecular flexibility index (Phi) is 4.49. The van der Waals surface area contributed by atoms with Crippen molar-refractivity contribution in [1.29, 1.82) is 0 Å². The number of para-hydroxylation sites is 1. The van der Waals surface area contributed by atoms with Crippen molar-refractivity contribution in [2.45, 2.75) is 6.92 Å². The zero-order chi connectivity index (χ0) is 18.8. The molecule has 6 heteroatoms. The zero-order valence-electron chi connectivity index (χ0n) is 14.5. The fourth-order valence-electron chi connectivity index (χ4n) is 2.80. The Hall–Kier alpha value is -3.54. The van der Waals surface area contributed by atoms with Gasteiger partial charge in [0.2, 0.25) is 0 Å². The highest BCUT2D eigenvalue weighted by Gasteiger charge is 2.19. The van der Waals surface area contributed by atoms with Gasteiger partial charge in [0.05, 0.1) is 5.52 Å². The van der Waals surface area contributed by atoms with E-state index < -0.39 is 11.3 Å². The minimum absolute atomic E-state index is 0.246. The minimum atomic E-state index is -0.561. The number of nitrogen functional groups attached to an aromatic ring is 1. The molecule has 26 heavy (non-hydrogen) atoms. The van der Waals surface area contributed by atoms with Gasteiger partial charge in [-0.2, -0.15) is 0 Å². The summed E-state index contributed by atoms with van der Waals surface area (Å²) in [6, 6.07) is 13.9. The van der Waals surface area contributed by atoms with Crippen molar-refractivity contribution in [2.24, 2.45) is 7.05 Å². The molecule has 2 aromatic carbocycles. The van der Waals surface area contributed by atoms with Gasteiger partial charge < -0.3 is 20.7 Å². The Balaban J connectivity index is 1.99. The summed E-state index contributed by atoms with van der Waals surface area (Å²) in [5, 5.41) is 14.0. The molecule has 0 aliphatic carbocycles. The summed E-state index contributed by atoms with van der Waals surface area (Å²) in [7, 11) is 1.57. The molecule has 0 unspecified atom stereocenters. The maximum absolute atomic E-state index is 12.6. The summed E-state index contributed by atoms with van der Waals surface area (Å²) < 4.78 is 1.36. The standard InChI is InChI=1S/C20H19N3O3/c1-12(22-14-9-7-13(21)8-10-14)11-17(24)18-19(25)15-5-3-4-6-16(15)23(2)20(18)26/h3-11,22,25H,21H2,1-2H3/b12-11+. The summed E-state index contributed by atoms with van der Waals surface area (Å²) in [6.07, 6.45) is 1.29. The number of ketones is 1. The number of nitrogens with zero attached hydrogens (tertiary/aromatic N) is 1. The number of nitrogens with one attached hydrogen (secondary N) is 1. The molecule has 0 radical (unpaired) electrons. The molecule has 0 fully saturated rings. The largest absolute Gasteiger partial charge is 0.506 e. The lowest BCUT2D eigenvalue weighted by atomic mass is 10.1. The third-order valence-electron chi connectivity index (χ3n) is 4.12. The van der Waals surface area contributed by atoms with Crippen LogP contribution in [-0.4, -0.2) is 15.5 Å². The van der Waals surface area contributed by atoms with Crippen molar-refractivity contribution in [1.82, 2.24) is 4.57 Å². The molecule has 0 atom stereocenters. The van der Waals surface area contributed by atoms with Crippen molar-refractivity contribution in [3.8, 4) is 5.75 Å². The van der Waals surface area contributed by atoms with Crippen LogP contribution >= 0.6 is 0 Å². The van der Waals surface area contributed by atoms with E-state index in [0.717, 1.165) is 5.69 Å². The topological polar surface area (TPSA) is 97.3 Å². The third kappa shape index (κ3) is 3.17. The maximum atomic E-state index is 12.6. The van der Waals surface area contributed by atoms with E-state index in [-0.39, 0.29) is 11.3 Å². The second-order valence-electron chi connectivity index (χ2n) is 6.04. The number of rotatable bonds is 4. The molecule has 0 amide bonds. The molecule has 0 saturated heterocycles. The second kappa shape index (κ2) is 6.76. The van der Waals surface area contributed by atoms with Crippen LogP contribution in [-0.2, 0) is 7.05 Å². The predicted octanol–water partition coefficient (Wildman–Crippen LogP) is 3.02. The monoisotopic (exact) mass is 349 g/mol. The SMILES string of the molecule is C/C(=C\C(=O)c1c(O)c2ccccc2n(C)c1=O)Nc1ccc(N)cc1. The molecule has 3 aromatic rings. The number of aryl methyl sites for hydroxylation is 1. The minimum Gasteiger partial charge on any atom is -0.506 e. The van der Waals surface area contributed by atoms with Gasteiger partial charge in [0.15, 0.2) is 5.78 Å². The highest BCUT2D eigenvalue weighted by molar-refractivity contribution is 6.09. The summed E-state index contributed by atoms with van der Waals surface area (Å²) in [5.74, 6) is -0.862. The van der Waals surface area contributed by atoms with E-state index in [1.807, 2.05) is 0 Å². The van der Waals surface area contributed by atoms with Crippen molar-refractivity contribution in [3.63, 3.8) is 0 Å². The van der Waals surface area contributed by atoms with E-state index in [0.29, 0.717) is 22.3 Å². The van der Waals surface area contributed by atoms with Gasteiger partial charge in [-0.05, 0) is 43.3 Å². The number of carbonyl (C=O) groups is 1. The number of aromatic nitrogens is 1. The van der Waals surface area contributed by atoms with Gasteiger partial charge in [-0.15, -0.1) is 0 Å². The molecule has 1 heterocycles. The Morgan fingerprint density at radius 1 is 1.15 bits per heavy atom. The Morgan fingerprint density at radius 3 is 2.50 bits per heavy atom. The van der Waals surface area contributed by atoms with E-state index >= 15 is 0 Å².